The Balaban J connectivity index is 2.58. The van der Waals surface area contributed by atoms with Crippen molar-refractivity contribution in [2.45, 2.75) is 124 Å². The third-order valence-electron chi connectivity index (χ3n) is 8.37. The maximum absolute atomic E-state index is 7.14. The highest BCUT2D eigenvalue weighted by Gasteiger charge is 2.49. The minimum absolute atomic E-state index is 0.0399. The van der Waals surface area contributed by atoms with Crippen LogP contribution in [0.1, 0.15) is 72.4 Å². The summed E-state index contributed by atoms with van der Waals surface area (Å²) in [7, 11) is -3.51. The SMILES string of the molecule is COc1cc(C(C)C)c(OC2=CNC(N)(C(CO[Si](C)(C)C(C)(C)C)C(O[SiH](C)C)C(C)(C)C)N=C2N)cc1C#C[Si](C)(C)C. The van der Waals surface area contributed by atoms with E-state index in [1.165, 1.54) is 0 Å². The summed E-state index contributed by atoms with van der Waals surface area (Å²) in [6.45, 7) is 33.3. The molecule has 0 aromatic heterocycles. The molecule has 8 nitrogen and oxygen atoms in total. The second-order valence-corrected chi connectivity index (χ2v) is 28.4. The number of amidine groups is 1. The maximum Gasteiger partial charge on any atom is 0.191 e. The third kappa shape index (κ3) is 10.5. The van der Waals surface area contributed by atoms with Gasteiger partial charge in [-0.1, -0.05) is 81.0 Å². The molecular weight excluding hydrogens is 613 g/mol. The van der Waals surface area contributed by atoms with Gasteiger partial charge in [0, 0.05) is 24.4 Å². The van der Waals surface area contributed by atoms with Gasteiger partial charge in [0.05, 0.1) is 24.7 Å². The van der Waals surface area contributed by atoms with Gasteiger partial charge in [-0.25, -0.2) is 4.99 Å². The fourth-order valence-corrected chi connectivity index (χ4v) is 7.45. The summed E-state index contributed by atoms with van der Waals surface area (Å²) in [4.78, 5) is 4.89. The number of methoxy groups -OCH3 is 1. The molecule has 0 spiro atoms. The van der Waals surface area contributed by atoms with Gasteiger partial charge in [-0.2, -0.15) is 0 Å². The highest BCUT2D eigenvalue weighted by Crippen LogP contribution is 2.40. The highest BCUT2D eigenvalue weighted by molar-refractivity contribution is 6.83. The van der Waals surface area contributed by atoms with Crippen molar-refractivity contribution in [1.29, 1.82) is 0 Å². The minimum Gasteiger partial charge on any atom is -0.495 e. The lowest BCUT2D eigenvalue weighted by molar-refractivity contribution is -0.0285. The van der Waals surface area contributed by atoms with E-state index in [4.69, 9.17) is 34.8 Å². The zero-order chi connectivity index (χ0) is 34.8. The third-order valence-corrected chi connectivity index (χ3v) is 14.6. The van der Waals surface area contributed by atoms with Crippen LogP contribution >= 0.6 is 0 Å². The Kier molecular flexibility index (Phi) is 12.5. The van der Waals surface area contributed by atoms with Crippen molar-refractivity contribution >= 4 is 31.3 Å². The fraction of sp³-hybridized carbons (Fsp3) is 0.676. The van der Waals surface area contributed by atoms with Gasteiger partial charge >= 0.3 is 0 Å². The number of hydrogen-bond acceptors (Lipinski definition) is 8. The fourth-order valence-electron chi connectivity index (χ4n) is 4.72. The first kappa shape index (κ1) is 39.1. The number of nitrogens with zero attached hydrogens (tertiary/aromatic N) is 1. The lowest BCUT2D eigenvalue weighted by Crippen LogP contribution is -2.65. The first-order chi connectivity index (χ1) is 20.3. The van der Waals surface area contributed by atoms with E-state index in [0.29, 0.717) is 18.1 Å². The molecule has 1 heterocycles. The molecule has 1 aliphatic rings. The van der Waals surface area contributed by atoms with Crippen molar-refractivity contribution in [3.8, 4) is 23.0 Å². The average Bonchev–Trinajstić information content (AvgIpc) is 2.86. The summed E-state index contributed by atoms with van der Waals surface area (Å²) in [5.74, 6) is 3.89. The number of benzene rings is 1. The van der Waals surface area contributed by atoms with E-state index >= 15 is 0 Å². The molecule has 0 saturated heterocycles. The Morgan fingerprint density at radius 1 is 1.02 bits per heavy atom. The van der Waals surface area contributed by atoms with E-state index < -0.39 is 31.2 Å². The molecule has 0 amide bonds. The van der Waals surface area contributed by atoms with Crippen LogP contribution in [0.3, 0.4) is 0 Å². The van der Waals surface area contributed by atoms with Crippen LogP contribution in [0.15, 0.2) is 29.1 Å². The predicted molar refractivity (Wildman–Crippen MR) is 198 cm³/mol. The van der Waals surface area contributed by atoms with Crippen LogP contribution in [0.2, 0.25) is 50.9 Å². The van der Waals surface area contributed by atoms with Gasteiger partial charge in [-0.3, -0.25) is 5.73 Å². The molecule has 1 aromatic carbocycles. The molecule has 0 radical (unpaired) electrons. The summed E-state index contributed by atoms with van der Waals surface area (Å²) in [5.41, 5.74) is 18.8. The van der Waals surface area contributed by atoms with Crippen LogP contribution in [0.5, 0.6) is 11.5 Å². The van der Waals surface area contributed by atoms with E-state index in [1.54, 1.807) is 13.3 Å². The van der Waals surface area contributed by atoms with Crippen molar-refractivity contribution < 1.29 is 18.3 Å². The largest absolute Gasteiger partial charge is 0.495 e. The van der Waals surface area contributed by atoms with Crippen LogP contribution in [0.25, 0.3) is 0 Å². The van der Waals surface area contributed by atoms with Gasteiger partial charge in [0.2, 0.25) is 0 Å². The van der Waals surface area contributed by atoms with Crippen molar-refractivity contribution in [3.63, 3.8) is 0 Å². The van der Waals surface area contributed by atoms with Gasteiger partial charge in [0.1, 0.15) is 19.6 Å². The normalized spacial score (nSPS) is 19.3. The van der Waals surface area contributed by atoms with Gasteiger partial charge < -0.3 is 29.4 Å². The highest BCUT2D eigenvalue weighted by atomic mass is 28.4. The number of nitrogens with two attached hydrogens (primary N) is 2. The Bertz CT molecular complexity index is 1310. The summed E-state index contributed by atoms with van der Waals surface area (Å²) in [6.07, 6.45) is 1.51. The molecule has 0 saturated carbocycles. The van der Waals surface area contributed by atoms with E-state index in [2.05, 4.69) is 118 Å². The molecule has 1 aromatic rings. The predicted octanol–water partition coefficient (Wildman–Crippen LogP) is 6.89. The molecule has 1 aliphatic heterocycles. The standard InChI is InChI=1S/C34H62N4O4Si3/c1-23(2)25-20-27(39-9)24(17-18-44(12,13)14)19-28(25)41-29-21-37-34(36,38-31(29)35)26(22-40-45(15,16)33(6,7)8)30(32(3,4)5)42-43(10)11/h19-21,23,26,30,37,43H,22,36H2,1-16H3,(H2,35,38). The molecule has 254 valence electrons. The van der Waals surface area contributed by atoms with Crippen LogP contribution in [-0.4, -0.2) is 56.9 Å². The molecule has 11 heteroatoms. The summed E-state index contributed by atoms with van der Waals surface area (Å²) >= 11 is 0. The summed E-state index contributed by atoms with van der Waals surface area (Å²) in [5, 5.41) is 3.41. The zero-order valence-corrected chi connectivity index (χ0v) is 34.1. The summed E-state index contributed by atoms with van der Waals surface area (Å²) in [6, 6.07) is 3.94. The number of nitrogens with one attached hydrogen (secondary N) is 1. The van der Waals surface area contributed by atoms with Gasteiger partial charge in [-0.05, 0) is 48.6 Å². The molecule has 2 rings (SSSR count). The van der Waals surface area contributed by atoms with Gasteiger partial charge in [0.15, 0.2) is 34.7 Å². The van der Waals surface area contributed by atoms with E-state index in [0.717, 1.165) is 16.9 Å². The molecule has 0 bridgehead atoms. The molecule has 3 atom stereocenters. The second kappa shape index (κ2) is 14.4. The van der Waals surface area contributed by atoms with Crippen LogP contribution in [-0.2, 0) is 8.85 Å². The lowest BCUT2D eigenvalue weighted by atomic mass is 9.78. The smallest absolute Gasteiger partial charge is 0.191 e. The Morgan fingerprint density at radius 3 is 2.07 bits per heavy atom. The average molecular weight is 675 g/mol. The topological polar surface area (TPSA) is 113 Å². The second-order valence-electron chi connectivity index (χ2n) is 16.5. The molecule has 5 N–H and O–H groups in total. The van der Waals surface area contributed by atoms with E-state index in [-0.39, 0.29) is 34.2 Å². The van der Waals surface area contributed by atoms with Crippen LogP contribution < -0.4 is 26.3 Å². The van der Waals surface area contributed by atoms with Crippen molar-refractivity contribution in [3.05, 3.63) is 35.2 Å². The van der Waals surface area contributed by atoms with Crippen molar-refractivity contribution in [1.82, 2.24) is 5.32 Å². The maximum atomic E-state index is 7.14. The van der Waals surface area contributed by atoms with Crippen LogP contribution in [0, 0.1) is 22.8 Å². The lowest BCUT2D eigenvalue weighted by Gasteiger charge is -2.47. The zero-order valence-electron chi connectivity index (χ0n) is 31.0. The quantitative estimate of drug-likeness (QED) is 0.173. The molecular formula is C34H62N4O4Si3. The van der Waals surface area contributed by atoms with Crippen molar-refractivity contribution in [2.24, 2.45) is 27.8 Å². The number of ether oxygens (including phenoxy) is 2. The molecule has 0 aliphatic carbocycles. The van der Waals surface area contributed by atoms with E-state index in [1.807, 2.05) is 12.1 Å². The minimum atomic E-state index is -2.11. The molecule has 45 heavy (non-hydrogen) atoms. The first-order valence-corrected chi connectivity index (χ1v) is 25.3. The molecule has 3 unspecified atom stereocenters. The Hall–Kier alpha value is -2.08. The summed E-state index contributed by atoms with van der Waals surface area (Å²) < 4.78 is 25.7. The monoisotopic (exact) mass is 674 g/mol. The van der Waals surface area contributed by atoms with Crippen molar-refractivity contribution in [2.75, 3.05) is 13.7 Å². The van der Waals surface area contributed by atoms with Crippen LogP contribution in [0.4, 0.5) is 0 Å². The number of aliphatic imine (C=N–C) groups is 1. The number of hydrogen-bond donors (Lipinski definition) is 3. The van der Waals surface area contributed by atoms with Gasteiger partial charge in [-0.15, -0.1) is 5.54 Å². The Labute approximate surface area is 278 Å². The molecule has 0 fully saturated rings. The first-order valence-electron chi connectivity index (χ1n) is 16.2. The van der Waals surface area contributed by atoms with E-state index in [9.17, 15) is 0 Å². The Morgan fingerprint density at radius 2 is 1.62 bits per heavy atom. The van der Waals surface area contributed by atoms with Gasteiger partial charge in [0.25, 0.3) is 0 Å². The number of rotatable bonds is 11.